The van der Waals surface area contributed by atoms with Gasteiger partial charge in [-0.1, -0.05) is 24.3 Å². The normalized spacial score (nSPS) is 12.8. The number of hydrogen-bond acceptors (Lipinski definition) is 3. The lowest BCUT2D eigenvalue weighted by molar-refractivity contribution is 0.561. The molecule has 0 aliphatic heterocycles. The zero-order valence-electron chi connectivity index (χ0n) is 10.0. The molecule has 3 nitrogen and oxygen atoms in total. The molecule has 0 bridgehead atoms. The second-order valence-electron chi connectivity index (χ2n) is 4.52. The van der Waals surface area contributed by atoms with Crippen molar-refractivity contribution in [1.82, 2.24) is 0 Å². The van der Waals surface area contributed by atoms with E-state index in [1.54, 1.807) is 13.8 Å². The molecular weight excluding hydrogens is 222 g/mol. The standard InChI is InChI=1S/C12H19NO2S/c1-12(2,16(3,14)15)11-6-4-10(5-7-11)8-9-13/h4-7H,8-9,13H2,1-3H3. The zero-order chi connectivity index (χ0) is 12.4. The topological polar surface area (TPSA) is 60.2 Å². The summed E-state index contributed by atoms with van der Waals surface area (Å²) in [6.45, 7) is 4.05. The SMILES string of the molecule is CC(C)(c1ccc(CCN)cc1)S(C)(=O)=O. The molecule has 0 unspecified atom stereocenters. The van der Waals surface area contributed by atoms with Crippen LogP contribution in [-0.4, -0.2) is 21.2 Å². The summed E-state index contributed by atoms with van der Waals surface area (Å²) in [4.78, 5) is 0. The Morgan fingerprint density at radius 1 is 1.19 bits per heavy atom. The minimum absolute atomic E-state index is 0.606. The number of rotatable bonds is 4. The molecule has 0 heterocycles. The van der Waals surface area contributed by atoms with E-state index < -0.39 is 14.6 Å². The molecule has 0 saturated heterocycles. The van der Waals surface area contributed by atoms with Crippen molar-refractivity contribution in [2.45, 2.75) is 25.0 Å². The van der Waals surface area contributed by atoms with Gasteiger partial charge in [-0.15, -0.1) is 0 Å². The van der Waals surface area contributed by atoms with Gasteiger partial charge in [-0.05, 0) is 37.9 Å². The first-order chi connectivity index (χ1) is 7.29. The third-order valence-corrected chi connectivity index (χ3v) is 5.10. The van der Waals surface area contributed by atoms with Crippen LogP contribution in [0.1, 0.15) is 25.0 Å². The monoisotopic (exact) mass is 241 g/mol. The molecule has 1 rings (SSSR count). The van der Waals surface area contributed by atoms with Crippen molar-refractivity contribution in [2.24, 2.45) is 5.73 Å². The highest BCUT2D eigenvalue weighted by atomic mass is 32.2. The maximum absolute atomic E-state index is 11.6. The van der Waals surface area contributed by atoms with Gasteiger partial charge in [0.05, 0.1) is 4.75 Å². The Balaban J connectivity index is 3.07. The van der Waals surface area contributed by atoms with Crippen molar-refractivity contribution in [3.05, 3.63) is 35.4 Å². The van der Waals surface area contributed by atoms with Crippen LogP contribution in [0.4, 0.5) is 0 Å². The van der Waals surface area contributed by atoms with Crippen molar-refractivity contribution in [1.29, 1.82) is 0 Å². The average Bonchev–Trinajstić information content (AvgIpc) is 2.17. The van der Waals surface area contributed by atoms with E-state index in [0.717, 1.165) is 17.5 Å². The smallest absolute Gasteiger partial charge is 0.156 e. The van der Waals surface area contributed by atoms with E-state index in [2.05, 4.69) is 0 Å². The van der Waals surface area contributed by atoms with Gasteiger partial charge in [0.25, 0.3) is 0 Å². The van der Waals surface area contributed by atoms with Gasteiger partial charge in [0.15, 0.2) is 9.84 Å². The first-order valence-electron chi connectivity index (χ1n) is 5.28. The van der Waals surface area contributed by atoms with Gasteiger partial charge in [0.2, 0.25) is 0 Å². The first kappa shape index (κ1) is 13.2. The fourth-order valence-corrected chi connectivity index (χ4v) is 2.02. The summed E-state index contributed by atoms with van der Waals surface area (Å²) in [5.41, 5.74) is 7.41. The molecule has 4 heteroatoms. The molecule has 0 radical (unpaired) electrons. The maximum atomic E-state index is 11.6. The van der Waals surface area contributed by atoms with Crippen molar-refractivity contribution in [2.75, 3.05) is 12.8 Å². The van der Waals surface area contributed by atoms with Gasteiger partial charge in [0, 0.05) is 6.26 Å². The third kappa shape index (κ3) is 2.62. The molecule has 0 aliphatic carbocycles. The van der Waals surface area contributed by atoms with Crippen LogP contribution in [0.3, 0.4) is 0 Å². The van der Waals surface area contributed by atoms with Crippen molar-refractivity contribution < 1.29 is 8.42 Å². The van der Waals surface area contributed by atoms with E-state index in [9.17, 15) is 8.42 Å². The molecule has 0 aliphatic rings. The van der Waals surface area contributed by atoms with Crippen LogP contribution in [0.2, 0.25) is 0 Å². The summed E-state index contributed by atoms with van der Waals surface area (Å²) in [7, 11) is -3.11. The largest absolute Gasteiger partial charge is 0.330 e. The van der Waals surface area contributed by atoms with E-state index in [1.807, 2.05) is 24.3 Å². The van der Waals surface area contributed by atoms with Crippen molar-refractivity contribution in [3.8, 4) is 0 Å². The Morgan fingerprint density at radius 2 is 1.69 bits per heavy atom. The lowest BCUT2D eigenvalue weighted by Crippen LogP contribution is -2.27. The summed E-state index contributed by atoms with van der Waals surface area (Å²) in [5, 5.41) is 0. The fraction of sp³-hybridized carbons (Fsp3) is 0.500. The fourth-order valence-electron chi connectivity index (χ4n) is 1.45. The second-order valence-corrected chi connectivity index (χ2v) is 7.08. The van der Waals surface area contributed by atoms with Crippen molar-refractivity contribution in [3.63, 3.8) is 0 Å². The summed E-state index contributed by atoms with van der Waals surface area (Å²) >= 11 is 0. The zero-order valence-corrected chi connectivity index (χ0v) is 10.8. The molecular formula is C12H19NO2S. The molecule has 90 valence electrons. The van der Waals surface area contributed by atoms with Gasteiger partial charge >= 0.3 is 0 Å². The van der Waals surface area contributed by atoms with Crippen LogP contribution in [0.5, 0.6) is 0 Å². The second kappa shape index (κ2) is 4.55. The van der Waals surface area contributed by atoms with E-state index in [1.165, 1.54) is 6.26 Å². The predicted molar refractivity (Wildman–Crippen MR) is 67.1 cm³/mol. The number of sulfone groups is 1. The van der Waals surface area contributed by atoms with Crippen LogP contribution >= 0.6 is 0 Å². The van der Waals surface area contributed by atoms with Gasteiger partial charge in [-0.3, -0.25) is 0 Å². The Morgan fingerprint density at radius 3 is 2.06 bits per heavy atom. The highest BCUT2D eigenvalue weighted by Gasteiger charge is 2.31. The van der Waals surface area contributed by atoms with E-state index >= 15 is 0 Å². The lowest BCUT2D eigenvalue weighted by Gasteiger charge is -2.23. The first-order valence-corrected chi connectivity index (χ1v) is 7.17. The quantitative estimate of drug-likeness (QED) is 0.868. The summed E-state index contributed by atoms with van der Waals surface area (Å²) in [5.74, 6) is 0. The molecule has 1 aromatic carbocycles. The van der Waals surface area contributed by atoms with Gasteiger partial charge in [-0.2, -0.15) is 0 Å². The van der Waals surface area contributed by atoms with Crippen LogP contribution in [-0.2, 0) is 21.0 Å². The maximum Gasteiger partial charge on any atom is 0.156 e. The lowest BCUT2D eigenvalue weighted by atomic mass is 10.00. The third-order valence-electron chi connectivity index (χ3n) is 3.01. The van der Waals surface area contributed by atoms with Gasteiger partial charge in [-0.25, -0.2) is 8.42 Å². The minimum atomic E-state index is -3.11. The minimum Gasteiger partial charge on any atom is -0.330 e. The summed E-state index contributed by atoms with van der Waals surface area (Å²) in [6, 6.07) is 7.61. The molecule has 0 spiro atoms. The number of hydrogen-bond donors (Lipinski definition) is 1. The Kier molecular flexibility index (Phi) is 3.76. The van der Waals surface area contributed by atoms with E-state index in [4.69, 9.17) is 5.73 Å². The Bertz CT molecular complexity index is 446. The molecule has 0 aromatic heterocycles. The van der Waals surface area contributed by atoms with Gasteiger partial charge in [0.1, 0.15) is 0 Å². The summed E-state index contributed by atoms with van der Waals surface area (Å²) in [6.07, 6.45) is 2.08. The van der Waals surface area contributed by atoms with Crippen LogP contribution in [0.15, 0.2) is 24.3 Å². The highest BCUT2D eigenvalue weighted by molar-refractivity contribution is 7.91. The van der Waals surface area contributed by atoms with Gasteiger partial charge < -0.3 is 5.73 Å². The van der Waals surface area contributed by atoms with Crippen LogP contribution < -0.4 is 5.73 Å². The van der Waals surface area contributed by atoms with Crippen molar-refractivity contribution >= 4 is 9.84 Å². The molecule has 2 N–H and O–H groups in total. The van der Waals surface area contributed by atoms with E-state index in [-0.39, 0.29) is 0 Å². The Labute approximate surface area is 97.6 Å². The molecule has 1 aromatic rings. The predicted octanol–water partition coefficient (Wildman–Crippen LogP) is 1.47. The summed E-state index contributed by atoms with van der Waals surface area (Å²) < 4.78 is 22.4. The van der Waals surface area contributed by atoms with Crippen LogP contribution in [0, 0.1) is 0 Å². The number of nitrogens with two attached hydrogens (primary N) is 1. The Hall–Kier alpha value is -0.870. The van der Waals surface area contributed by atoms with Crippen LogP contribution in [0.25, 0.3) is 0 Å². The molecule has 0 saturated carbocycles. The highest BCUT2D eigenvalue weighted by Crippen LogP contribution is 2.28. The van der Waals surface area contributed by atoms with E-state index in [0.29, 0.717) is 6.54 Å². The molecule has 0 atom stereocenters. The average molecular weight is 241 g/mol. The molecule has 16 heavy (non-hydrogen) atoms. The molecule has 0 fully saturated rings. The number of benzene rings is 1. The molecule has 0 amide bonds.